The van der Waals surface area contributed by atoms with Crippen molar-refractivity contribution in [1.82, 2.24) is 19.1 Å². The molecule has 0 amide bonds. The van der Waals surface area contributed by atoms with Crippen LogP contribution in [0, 0.1) is 0 Å². The molecule has 0 aliphatic heterocycles. The zero-order valence-electron chi connectivity index (χ0n) is 9.90. The van der Waals surface area contributed by atoms with Crippen LogP contribution in [0.25, 0.3) is 0 Å². The summed E-state index contributed by atoms with van der Waals surface area (Å²) in [4.78, 5) is 30.8. The monoisotopic (exact) mass is 246 g/mol. The first-order valence-corrected chi connectivity index (χ1v) is 5.79. The SMILES string of the molecule is O=C(CCCCC(=O)n1ccnc1)n1ccnc1. The molecule has 0 N–H and O–H groups in total. The van der Waals surface area contributed by atoms with Crippen LogP contribution in [0.3, 0.4) is 0 Å². The first kappa shape index (κ1) is 12.2. The lowest BCUT2D eigenvalue weighted by Crippen LogP contribution is -2.10. The summed E-state index contributed by atoms with van der Waals surface area (Å²) in [5.41, 5.74) is 0. The van der Waals surface area contributed by atoms with E-state index in [9.17, 15) is 9.59 Å². The molecule has 0 aliphatic rings. The number of hydrogen-bond donors (Lipinski definition) is 0. The Bertz CT molecular complexity index is 454. The van der Waals surface area contributed by atoms with Crippen LogP contribution >= 0.6 is 0 Å². The lowest BCUT2D eigenvalue weighted by atomic mass is 10.2. The second-order valence-electron chi connectivity index (χ2n) is 3.93. The van der Waals surface area contributed by atoms with Crippen molar-refractivity contribution in [1.29, 1.82) is 0 Å². The van der Waals surface area contributed by atoms with Crippen LogP contribution in [0.15, 0.2) is 37.4 Å². The van der Waals surface area contributed by atoms with Crippen LogP contribution in [0.5, 0.6) is 0 Å². The molecule has 2 aromatic heterocycles. The standard InChI is InChI=1S/C12H14N4O2/c17-11(15-7-5-13-9-15)3-1-2-4-12(18)16-8-6-14-10-16/h5-10H,1-4H2. The maximum absolute atomic E-state index is 11.6. The molecule has 6 nitrogen and oxygen atoms in total. The summed E-state index contributed by atoms with van der Waals surface area (Å²) in [6.07, 6.45) is 11.6. The molecule has 18 heavy (non-hydrogen) atoms. The van der Waals surface area contributed by atoms with E-state index in [4.69, 9.17) is 0 Å². The Morgan fingerprint density at radius 2 is 1.28 bits per heavy atom. The number of aromatic nitrogens is 4. The summed E-state index contributed by atoms with van der Waals surface area (Å²) in [7, 11) is 0. The Kier molecular flexibility index (Phi) is 4.01. The molecule has 94 valence electrons. The molecule has 2 rings (SSSR count). The van der Waals surface area contributed by atoms with Gasteiger partial charge in [-0.1, -0.05) is 0 Å². The zero-order valence-corrected chi connectivity index (χ0v) is 9.90. The van der Waals surface area contributed by atoms with E-state index in [0.717, 1.165) is 0 Å². The Morgan fingerprint density at radius 1 is 0.833 bits per heavy atom. The molecule has 0 fully saturated rings. The van der Waals surface area contributed by atoms with Gasteiger partial charge in [0.1, 0.15) is 12.7 Å². The van der Waals surface area contributed by atoms with Crippen molar-refractivity contribution in [2.45, 2.75) is 25.7 Å². The van der Waals surface area contributed by atoms with E-state index >= 15 is 0 Å². The molecule has 0 radical (unpaired) electrons. The lowest BCUT2D eigenvalue weighted by Gasteiger charge is -2.02. The highest BCUT2D eigenvalue weighted by molar-refractivity contribution is 5.79. The van der Waals surface area contributed by atoms with Crippen LogP contribution in [0.2, 0.25) is 0 Å². The molecule has 2 heterocycles. The van der Waals surface area contributed by atoms with E-state index in [2.05, 4.69) is 9.97 Å². The van der Waals surface area contributed by atoms with Gasteiger partial charge in [0.05, 0.1) is 0 Å². The number of rotatable bonds is 5. The highest BCUT2D eigenvalue weighted by Crippen LogP contribution is 2.04. The predicted molar refractivity (Wildman–Crippen MR) is 64.2 cm³/mol. The van der Waals surface area contributed by atoms with Crippen LogP contribution in [-0.2, 0) is 0 Å². The number of carbonyl (C=O) groups excluding carboxylic acids is 2. The van der Waals surface area contributed by atoms with E-state index < -0.39 is 0 Å². The van der Waals surface area contributed by atoms with Crippen molar-refractivity contribution in [3.63, 3.8) is 0 Å². The highest BCUT2D eigenvalue weighted by Gasteiger charge is 2.06. The Hall–Kier alpha value is -2.24. The van der Waals surface area contributed by atoms with Gasteiger partial charge < -0.3 is 0 Å². The normalized spacial score (nSPS) is 10.4. The first-order valence-electron chi connectivity index (χ1n) is 5.79. The third kappa shape index (κ3) is 3.13. The summed E-state index contributed by atoms with van der Waals surface area (Å²) in [5, 5.41) is 0. The Morgan fingerprint density at radius 3 is 1.61 bits per heavy atom. The molecular formula is C12H14N4O2. The average Bonchev–Trinajstić information content (AvgIpc) is 3.05. The van der Waals surface area contributed by atoms with Crippen LogP contribution in [0.4, 0.5) is 0 Å². The molecule has 2 aromatic rings. The second kappa shape index (κ2) is 5.90. The average molecular weight is 246 g/mol. The Labute approximate surface area is 104 Å². The maximum Gasteiger partial charge on any atom is 0.231 e. The largest absolute Gasteiger partial charge is 0.276 e. The zero-order chi connectivity index (χ0) is 12.8. The van der Waals surface area contributed by atoms with E-state index in [-0.39, 0.29) is 11.8 Å². The van der Waals surface area contributed by atoms with E-state index in [1.807, 2.05) is 0 Å². The molecule has 0 unspecified atom stereocenters. The molecule has 0 aliphatic carbocycles. The minimum absolute atomic E-state index is 0.00239. The van der Waals surface area contributed by atoms with Gasteiger partial charge in [-0.05, 0) is 12.8 Å². The first-order chi connectivity index (χ1) is 8.77. The smallest absolute Gasteiger partial charge is 0.231 e. The van der Waals surface area contributed by atoms with Crippen molar-refractivity contribution in [2.75, 3.05) is 0 Å². The quantitative estimate of drug-likeness (QED) is 0.752. The van der Waals surface area contributed by atoms with Gasteiger partial charge in [-0.25, -0.2) is 9.97 Å². The van der Waals surface area contributed by atoms with Gasteiger partial charge in [0.25, 0.3) is 0 Å². The summed E-state index contributed by atoms with van der Waals surface area (Å²) >= 11 is 0. The van der Waals surface area contributed by atoms with Gasteiger partial charge in [-0.2, -0.15) is 0 Å². The number of carbonyl (C=O) groups is 2. The number of unbranched alkanes of at least 4 members (excludes halogenated alkanes) is 1. The number of imidazole rings is 2. The van der Waals surface area contributed by atoms with E-state index in [1.54, 1.807) is 24.8 Å². The molecule has 0 atom stereocenters. The van der Waals surface area contributed by atoms with Crippen molar-refractivity contribution in [3.05, 3.63) is 37.4 Å². The summed E-state index contributed by atoms with van der Waals surface area (Å²) in [6.45, 7) is 0. The fourth-order valence-corrected chi connectivity index (χ4v) is 1.62. The second-order valence-corrected chi connectivity index (χ2v) is 3.93. The third-order valence-corrected chi connectivity index (χ3v) is 2.62. The minimum atomic E-state index is 0.00239. The molecule has 6 heteroatoms. The predicted octanol–water partition coefficient (Wildman–Crippen LogP) is 1.62. The van der Waals surface area contributed by atoms with Crippen LogP contribution in [-0.4, -0.2) is 30.9 Å². The van der Waals surface area contributed by atoms with Gasteiger partial charge in [-0.3, -0.25) is 18.7 Å². The maximum atomic E-state index is 11.6. The molecule has 0 spiro atoms. The minimum Gasteiger partial charge on any atom is -0.276 e. The summed E-state index contributed by atoms with van der Waals surface area (Å²) in [6, 6.07) is 0. The van der Waals surface area contributed by atoms with Crippen molar-refractivity contribution >= 4 is 11.8 Å². The fraction of sp³-hybridized carbons (Fsp3) is 0.333. The van der Waals surface area contributed by atoms with Crippen LogP contribution in [0.1, 0.15) is 35.3 Å². The molecule has 0 saturated heterocycles. The summed E-state index contributed by atoms with van der Waals surface area (Å²) in [5.74, 6) is 0.00478. The van der Waals surface area contributed by atoms with Gasteiger partial charge in [-0.15, -0.1) is 0 Å². The van der Waals surface area contributed by atoms with Gasteiger partial charge in [0.15, 0.2) is 0 Å². The summed E-state index contributed by atoms with van der Waals surface area (Å²) < 4.78 is 2.91. The number of nitrogens with zero attached hydrogens (tertiary/aromatic N) is 4. The Balaban J connectivity index is 1.67. The third-order valence-electron chi connectivity index (χ3n) is 2.62. The van der Waals surface area contributed by atoms with Crippen LogP contribution < -0.4 is 0 Å². The molecule has 0 saturated carbocycles. The fourth-order valence-electron chi connectivity index (χ4n) is 1.62. The van der Waals surface area contributed by atoms with Crippen molar-refractivity contribution < 1.29 is 9.59 Å². The molecule has 0 bridgehead atoms. The molecule has 0 aromatic carbocycles. The van der Waals surface area contributed by atoms with Gasteiger partial charge in [0.2, 0.25) is 11.8 Å². The van der Waals surface area contributed by atoms with Crippen molar-refractivity contribution in [2.24, 2.45) is 0 Å². The van der Waals surface area contributed by atoms with E-state index in [0.29, 0.717) is 25.7 Å². The van der Waals surface area contributed by atoms with Gasteiger partial charge >= 0.3 is 0 Å². The number of hydrogen-bond acceptors (Lipinski definition) is 4. The topological polar surface area (TPSA) is 69.8 Å². The van der Waals surface area contributed by atoms with Crippen molar-refractivity contribution in [3.8, 4) is 0 Å². The van der Waals surface area contributed by atoms with Gasteiger partial charge in [0, 0.05) is 37.6 Å². The lowest BCUT2D eigenvalue weighted by molar-refractivity contribution is 0.0872. The van der Waals surface area contributed by atoms with E-state index in [1.165, 1.54) is 21.8 Å². The molecular weight excluding hydrogens is 232 g/mol. The highest BCUT2D eigenvalue weighted by atomic mass is 16.2.